The van der Waals surface area contributed by atoms with Crippen molar-refractivity contribution in [1.29, 1.82) is 0 Å². The minimum atomic E-state index is 1.08. The van der Waals surface area contributed by atoms with Crippen LogP contribution in [-0.4, -0.2) is 4.57 Å². The highest BCUT2D eigenvalue weighted by molar-refractivity contribution is 5.42. The highest BCUT2D eigenvalue weighted by Crippen LogP contribution is 2.23. The molecule has 1 aromatic heterocycles. The third-order valence-electron chi connectivity index (χ3n) is 3.47. The van der Waals surface area contributed by atoms with Crippen LogP contribution in [-0.2, 0) is 12.8 Å². The van der Waals surface area contributed by atoms with E-state index in [1.54, 1.807) is 0 Å². The van der Waals surface area contributed by atoms with Crippen LogP contribution in [0, 0.1) is 6.92 Å². The first-order chi connectivity index (χ1) is 8.22. The number of benzene rings is 1. The molecule has 0 N–H and O–H groups in total. The van der Waals surface area contributed by atoms with Crippen LogP contribution in [0.25, 0.3) is 5.69 Å². The maximum Gasteiger partial charge on any atom is 0.0449 e. The molecule has 0 fully saturated rings. The molecular formula is C16H17N. The van der Waals surface area contributed by atoms with Crippen molar-refractivity contribution in [2.45, 2.75) is 26.7 Å². The number of hydrogen-bond acceptors (Lipinski definition) is 0. The number of nitrogens with zero attached hydrogens (tertiary/aromatic N) is 1. The van der Waals surface area contributed by atoms with Crippen molar-refractivity contribution in [3.05, 3.63) is 65.0 Å². The maximum atomic E-state index is 2.34. The van der Waals surface area contributed by atoms with Crippen LogP contribution in [0.4, 0.5) is 0 Å². The fourth-order valence-corrected chi connectivity index (χ4v) is 2.40. The second kappa shape index (κ2) is 3.92. The molecule has 0 atom stereocenters. The van der Waals surface area contributed by atoms with Gasteiger partial charge in [0, 0.05) is 18.1 Å². The Morgan fingerprint density at radius 2 is 1.65 bits per heavy atom. The summed E-state index contributed by atoms with van der Waals surface area (Å²) in [5.41, 5.74) is 6.99. The van der Waals surface area contributed by atoms with E-state index in [0.717, 1.165) is 12.8 Å². The van der Waals surface area contributed by atoms with Crippen LogP contribution >= 0.6 is 0 Å². The number of hydrogen-bond donors (Lipinski definition) is 0. The number of fused-ring (bicyclic) bond motifs is 1. The largest absolute Gasteiger partial charge is 0.323 e. The second-order valence-electron chi connectivity index (χ2n) is 4.98. The van der Waals surface area contributed by atoms with Crippen LogP contribution in [0.3, 0.4) is 0 Å². The summed E-state index contributed by atoms with van der Waals surface area (Å²) in [6.45, 7) is 4.34. The predicted octanol–water partition coefficient (Wildman–Crippen LogP) is 3.83. The number of allylic oxidation sites excluding steroid dienone is 2. The van der Waals surface area contributed by atoms with Gasteiger partial charge in [-0.25, -0.2) is 0 Å². The van der Waals surface area contributed by atoms with Crippen molar-refractivity contribution in [3.63, 3.8) is 0 Å². The molecule has 2 aromatic rings. The molecule has 1 aliphatic carbocycles. The Hall–Kier alpha value is -1.76. The van der Waals surface area contributed by atoms with E-state index < -0.39 is 0 Å². The van der Waals surface area contributed by atoms with Gasteiger partial charge in [0.1, 0.15) is 0 Å². The lowest BCUT2D eigenvalue weighted by Crippen LogP contribution is -1.96. The molecule has 0 amide bonds. The van der Waals surface area contributed by atoms with Crippen LogP contribution in [0.15, 0.2) is 48.3 Å². The van der Waals surface area contributed by atoms with Crippen molar-refractivity contribution in [2.24, 2.45) is 0 Å². The summed E-state index contributed by atoms with van der Waals surface area (Å²) in [5.74, 6) is 0. The third-order valence-corrected chi connectivity index (χ3v) is 3.47. The quantitative estimate of drug-likeness (QED) is 0.647. The summed E-state index contributed by atoms with van der Waals surface area (Å²) in [7, 11) is 0. The van der Waals surface area contributed by atoms with E-state index >= 15 is 0 Å². The highest BCUT2D eigenvalue weighted by Gasteiger charge is 2.11. The summed E-state index contributed by atoms with van der Waals surface area (Å²) < 4.78 is 2.25. The maximum absolute atomic E-state index is 2.34. The van der Waals surface area contributed by atoms with E-state index in [2.05, 4.69) is 61.1 Å². The van der Waals surface area contributed by atoms with E-state index in [1.807, 2.05) is 0 Å². The molecule has 0 radical (unpaired) electrons. The highest BCUT2D eigenvalue weighted by atomic mass is 14.9. The first kappa shape index (κ1) is 10.4. The van der Waals surface area contributed by atoms with Crippen molar-refractivity contribution in [2.75, 3.05) is 0 Å². The van der Waals surface area contributed by atoms with Crippen LogP contribution < -0.4 is 0 Å². The zero-order chi connectivity index (χ0) is 11.8. The molecule has 0 unspecified atom stereocenters. The first-order valence-corrected chi connectivity index (χ1v) is 6.15. The molecule has 1 nitrogen and oxygen atoms in total. The molecule has 1 aromatic carbocycles. The molecule has 0 saturated carbocycles. The van der Waals surface area contributed by atoms with Gasteiger partial charge in [-0.3, -0.25) is 0 Å². The molecule has 0 aliphatic heterocycles. The average molecular weight is 223 g/mol. The van der Waals surface area contributed by atoms with E-state index in [0.29, 0.717) is 0 Å². The normalized spacial score (nSPS) is 14.4. The second-order valence-corrected chi connectivity index (χ2v) is 4.98. The number of rotatable bonds is 1. The molecule has 3 rings (SSSR count). The lowest BCUT2D eigenvalue weighted by Gasteiger charge is -2.08. The fraction of sp³-hybridized carbons (Fsp3) is 0.250. The van der Waals surface area contributed by atoms with Crippen molar-refractivity contribution < 1.29 is 0 Å². The zero-order valence-electron chi connectivity index (χ0n) is 10.4. The number of aryl methyl sites for hydroxylation is 1. The Morgan fingerprint density at radius 1 is 0.941 bits per heavy atom. The zero-order valence-corrected chi connectivity index (χ0v) is 10.4. The van der Waals surface area contributed by atoms with Gasteiger partial charge in [-0.05, 0) is 49.9 Å². The Kier molecular flexibility index (Phi) is 2.40. The molecule has 0 spiro atoms. The Morgan fingerprint density at radius 3 is 2.41 bits per heavy atom. The minimum absolute atomic E-state index is 1.08. The summed E-state index contributed by atoms with van der Waals surface area (Å²) in [4.78, 5) is 0. The molecule has 0 bridgehead atoms. The monoisotopic (exact) mass is 223 g/mol. The Bertz CT molecular complexity index is 570. The summed E-state index contributed by atoms with van der Waals surface area (Å²) in [6, 6.07) is 8.69. The predicted molar refractivity (Wildman–Crippen MR) is 71.7 cm³/mol. The molecule has 1 heteroatoms. The number of aromatic nitrogens is 1. The van der Waals surface area contributed by atoms with Gasteiger partial charge in [0.25, 0.3) is 0 Å². The standard InChI is InChI=1S/C16H17N/c1-12-4-7-16(8-5-12)17-10-14-6-3-13(2)9-15(14)11-17/h3-5,7-8,10-11H,6,9H2,1-2H3. The van der Waals surface area contributed by atoms with Crippen LogP contribution in [0.2, 0.25) is 0 Å². The third kappa shape index (κ3) is 1.93. The van der Waals surface area contributed by atoms with E-state index in [1.165, 1.54) is 28.0 Å². The van der Waals surface area contributed by atoms with Gasteiger partial charge in [-0.2, -0.15) is 0 Å². The summed E-state index contributed by atoms with van der Waals surface area (Å²) >= 11 is 0. The molecule has 17 heavy (non-hydrogen) atoms. The van der Waals surface area contributed by atoms with Gasteiger partial charge in [0.2, 0.25) is 0 Å². The first-order valence-electron chi connectivity index (χ1n) is 6.15. The fourth-order valence-electron chi connectivity index (χ4n) is 2.40. The van der Waals surface area contributed by atoms with E-state index in [-0.39, 0.29) is 0 Å². The Labute approximate surface area is 102 Å². The van der Waals surface area contributed by atoms with Gasteiger partial charge in [0.15, 0.2) is 0 Å². The van der Waals surface area contributed by atoms with Crippen LogP contribution in [0.5, 0.6) is 0 Å². The van der Waals surface area contributed by atoms with Crippen molar-refractivity contribution >= 4 is 0 Å². The topological polar surface area (TPSA) is 4.93 Å². The van der Waals surface area contributed by atoms with Gasteiger partial charge in [0.05, 0.1) is 0 Å². The van der Waals surface area contributed by atoms with E-state index in [9.17, 15) is 0 Å². The van der Waals surface area contributed by atoms with Gasteiger partial charge >= 0.3 is 0 Å². The molecule has 86 valence electrons. The van der Waals surface area contributed by atoms with Gasteiger partial charge in [-0.15, -0.1) is 0 Å². The lowest BCUT2D eigenvalue weighted by molar-refractivity contribution is 1.03. The molecule has 1 aliphatic rings. The Balaban J connectivity index is 1.98. The molecule has 0 saturated heterocycles. The molecular weight excluding hydrogens is 206 g/mol. The van der Waals surface area contributed by atoms with Gasteiger partial charge in [-0.1, -0.05) is 29.3 Å². The van der Waals surface area contributed by atoms with Crippen molar-refractivity contribution in [3.8, 4) is 5.69 Å². The van der Waals surface area contributed by atoms with Gasteiger partial charge < -0.3 is 4.57 Å². The molecule has 1 heterocycles. The lowest BCUT2D eigenvalue weighted by atomic mass is 9.97. The van der Waals surface area contributed by atoms with Crippen molar-refractivity contribution in [1.82, 2.24) is 4.57 Å². The minimum Gasteiger partial charge on any atom is -0.323 e. The summed E-state index contributed by atoms with van der Waals surface area (Å²) in [5, 5.41) is 0. The summed E-state index contributed by atoms with van der Waals surface area (Å²) in [6.07, 6.45) is 9.06. The van der Waals surface area contributed by atoms with Crippen LogP contribution in [0.1, 0.15) is 23.6 Å². The SMILES string of the molecule is CC1=CCc2cn(-c3ccc(C)cc3)cc2C1. The van der Waals surface area contributed by atoms with E-state index in [4.69, 9.17) is 0 Å². The smallest absolute Gasteiger partial charge is 0.0449 e. The average Bonchev–Trinajstić information content (AvgIpc) is 2.72.